The van der Waals surface area contributed by atoms with Crippen LogP contribution in [0.1, 0.15) is 12.5 Å². The molecule has 232 valence electrons. The van der Waals surface area contributed by atoms with E-state index in [1.54, 1.807) is 0 Å². The van der Waals surface area contributed by atoms with Crippen LogP contribution in [0.5, 0.6) is 0 Å². The maximum Gasteiger partial charge on any atom is 0.325 e. The van der Waals surface area contributed by atoms with Gasteiger partial charge in [-0.25, -0.2) is 19.3 Å². The fraction of sp³-hybridized carbons (Fsp3) is 0.526. The van der Waals surface area contributed by atoms with Crippen molar-refractivity contribution in [1.29, 1.82) is 0 Å². The molecule has 4 aromatic rings. The number of fused-ring (bicyclic) bond motifs is 2. The second-order valence-corrected chi connectivity index (χ2v) is 12.2. The molecule has 2 aliphatic heterocycles. The highest BCUT2D eigenvalue weighted by Crippen LogP contribution is 2.51. The topological polar surface area (TPSA) is 270 Å². The summed E-state index contributed by atoms with van der Waals surface area (Å²) in [4.78, 5) is 40.6. The number of imidazole rings is 1. The molecule has 24 heteroatoms. The van der Waals surface area contributed by atoms with Crippen LogP contribution in [-0.2, 0) is 30.3 Å². The van der Waals surface area contributed by atoms with Crippen LogP contribution in [0.3, 0.4) is 0 Å². The lowest BCUT2D eigenvalue weighted by molar-refractivity contribution is -0.142. The number of alkyl halides is 3. The van der Waals surface area contributed by atoms with Crippen LogP contribution >= 0.6 is 6.72 Å². The van der Waals surface area contributed by atoms with E-state index < -0.39 is 74.5 Å². The predicted octanol–water partition coefficient (Wildman–Crippen LogP) is -1.74. The Balaban J connectivity index is 1.21. The molecule has 6 heterocycles. The zero-order valence-corrected chi connectivity index (χ0v) is 22.9. The van der Waals surface area contributed by atoms with Crippen molar-refractivity contribution in [1.82, 2.24) is 44.5 Å². The smallest absolute Gasteiger partial charge is 0.325 e. The van der Waals surface area contributed by atoms with Crippen molar-refractivity contribution in [2.45, 2.75) is 49.0 Å². The molecule has 6 rings (SSSR count). The zero-order chi connectivity index (χ0) is 30.8. The third-order valence-corrected chi connectivity index (χ3v) is 8.28. The summed E-state index contributed by atoms with van der Waals surface area (Å²) in [6, 6.07) is 0. The number of anilines is 2. The highest BCUT2D eigenvalue weighted by Gasteiger charge is 2.61. The largest absolute Gasteiger partial charge is 0.394 e. The normalized spacial score (nSPS) is 30.3. The summed E-state index contributed by atoms with van der Waals surface area (Å²) in [6.07, 6.45) is -11.3. The first-order chi connectivity index (χ1) is 20.3. The minimum absolute atomic E-state index is 0.0844. The van der Waals surface area contributed by atoms with Crippen molar-refractivity contribution < 1.29 is 46.8 Å². The van der Waals surface area contributed by atoms with Gasteiger partial charge in [-0.15, -0.1) is 5.10 Å². The number of aliphatic hydroxyl groups excluding tert-OH is 2. The van der Waals surface area contributed by atoms with E-state index in [1.165, 1.54) is 0 Å². The molecule has 2 fully saturated rings. The average molecular weight is 651 g/mol. The molecule has 8 N–H and O–H groups in total. The van der Waals surface area contributed by atoms with E-state index in [-0.39, 0.29) is 34.1 Å². The van der Waals surface area contributed by atoms with Crippen LogP contribution in [0.2, 0.25) is 0 Å². The number of nitrogen functional groups attached to an aromatic ring is 2. The van der Waals surface area contributed by atoms with Gasteiger partial charge in [-0.2, -0.15) is 18.4 Å². The number of H-pyrrole nitrogens is 1. The van der Waals surface area contributed by atoms with E-state index in [2.05, 4.69) is 35.2 Å². The summed E-state index contributed by atoms with van der Waals surface area (Å²) in [7, 11) is 0. The lowest BCUT2D eigenvalue weighted by Crippen LogP contribution is -2.40. The first-order valence-corrected chi connectivity index (χ1v) is 14.7. The molecule has 8 atom stereocenters. The number of nitrogens with one attached hydrogen (secondary N) is 1. The summed E-state index contributed by atoms with van der Waals surface area (Å²) in [6.45, 7) is -6.26. The molecule has 0 saturated carbocycles. The van der Waals surface area contributed by atoms with Gasteiger partial charge in [-0.1, -0.05) is 5.21 Å². The first-order valence-electron chi connectivity index (χ1n) is 12.1. The fourth-order valence-electron chi connectivity index (χ4n) is 4.67. The standard InChI is InChI=1S/C19H21F3N11O8PS/c20-7-5(1-34)39-16(32-4-27-9-14(32)28-18(24)29-15(9)36)10(7)41-42(37,43)38-2-6-11(35)19(21,22)17(40-6)33-13-8(30-31-33)12(23)25-3-26-13/h3-7,10-11,16-17,34-35H,1-2H2,(H,37,43)(H2,23,25,26)(H3,24,28,29,36)/t5-,6-,7-,10-,11-,16-,17-,42?/m1/s1. The molecule has 0 aromatic carbocycles. The number of aliphatic hydroxyl groups is 2. The van der Waals surface area contributed by atoms with Gasteiger partial charge in [-0.05, 0) is 11.8 Å². The van der Waals surface area contributed by atoms with Crippen molar-refractivity contribution in [2.75, 3.05) is 24.7 Å². The first kappa shape index (κ1) is 29.7. The van der Waals surface area contributed by atoms with Gasteiger partial charge in [0.1, 0.15) is 24.6 Å². The summed E-state index contributed by atoms with van der Waals surface area (Å²) in [5.41, 5.74) is 9.96. The van der Waals surface area contributed by atoms with Gasteiger partial charge in [0.15, 0.2) is 46.6 Å². The number of halogens is 3. The Bertz CT molecular complexity index is 1790. The quantitative estimate of drug-likeness (QED) is 0.115. The molecular weight excluding hydrogens is 630 g/mol. The molecule has 0 radical (unpaired) electrons. The van der Waals surface area contributed by atoms with E-state index >= 15 is 13.2 Å². The monoisotopic (exact) mass is 651 g/mol. The lowest BCUT2D eigenvalue weighted by atomic mass is 10.1. The number of nitrogens with two attached hydrogens (primary N) is 2. The molecule has 1 unspecified atom stereocenters. The Kier molecular flexibility index (Phi) is 7.34. The third kappa shape index (κ3) is 5.01. The summed E-state index contributed by atoms with van der Waals surface area (Å²) in [5, 5.41) is 27.2. The van der Waals surface area contributed by atoms with Crippen LogP contribution in [0, 0.1) is 0 Å². The van der Waals surface area contributed by atoms with Crippen molar-refractivity contribution in [3.63, 3.8) is 0 Å². The van der Waals surface area contributed by atoms with Gasteiger partial charge in [0.05, 0.1) is 19.5 Å². The Hall–Kier alpha value is -3.41. The number of hydrogen-bond donors (Lipinski definition) is 6. The minimum Gasteiger partial charge on any atom is -0.394 e. The van der Waals surface area contributed by atoms with Gasteiger partial charge in [0.25, 0.3) is 5.56 Å². The highest BCUT2D eigenvalue weighted by molar-refractivity contribution is 8.07. The molecule has 0 aliphatic carbocycles. The number of nitrogens with zero attached hydrogens (tertiary/aromatic N) is 8. The molecule has 2 saturated heterocycles. The van der Waals surface area contributed by atoms with Gasteiger partial charge in [0, 0.05) is 0 Å². The van der Waals surface area contributed by atoms with Crippen LogP contribution < -0.4 is 17.0 Å². The summed E-state index contributed by atoms with van der Waals surface area (Å²) >= 11 is 4.98. The van der Waals surface area contributed by atoms with E-state index in [0.29, 0.717) is 4.68 Å². The maximum absolute atomic E-state index is 15.3. The maximum atomic E-state index is 15.3. The third-order valence-electron chi connectivity index (χ3n) is 6.72. The molecule has 19 nitrogen and oxygen atoms in total. The number of hydrogen-bond acceptors (Lipinski definition) is 16. The Labute approximate surface area is 240 Å². The molecule has 4 aromatic heterocycles. The van der Waals surface area contributed by atoms with E-state index in [1.807, 2.05) is 0 Å². The fourth-order valence-corrected chi connectivity index (χ4v) is 6.08. The lowest BCUT2D eigenvalue weighted by Gasteiger charge is -2.26. The van der Waals surface area contributed by atoms with E-state index in [9.17, 15) is 19.9 Å². The molecule has 43 heavy (non-hydrogen) atoms. The van der Waals surface area contributed by atoms with Crippen LogP contribution in [-0.4, -0.2) is 109 Å². The summed E-state index contributed by atoms with van der Waals surface area (Å²) < 4.78 is 68.5. The molecule has 2 aliphatic rings. The number of ether oxygens (including phenoxy) is 2. The molecule has 0 bridgehead atoms. The Morgan fingerprint density at radius 3 is 2.70 bits per heavy atom. The van der Waals surface area contributed by atoms with Gasteiger partial charge < -0.3 is 40.6 Å². The Morgan fingerprint density at radius 2 is 1.95 bits per heavy atom. The van der Waals surface area contributed by atoms with Gasteiger partial charge in [-0.3, -0.25) is 18.9 Å². The van der Waals surface area contributed by atoms with Crippen LogP contribution in [0.25, 0.3) is 22.3 Å². The molecule has 0 spiro atoms. The Morgan fingerprint density at radius 1 is 1.19 bits per heavy atom. The number of aromatic nitrogens is 9. The van der Waals surface area contributed by atoms with Crippen molar-refractivity contribution in [2.24, 2.45) is 0 Å². The minimum atomic E-state index is -4.50. The summed E-state index contributed by atoms with van der Waals surface area (Å²) in [5.74, 6) is -4.39. The van der Waals surface area contributed by atoms with Crippen LogP contribution in [0.15, 0.2) is 17.4 Å². The number of rotatable bonds is 8. The molecular formula is C19H21F3N11O8PS. The highest BCUT2D eigenvalue weighted by atomic mass is 32.5. The SMILES string of the molecule is Nc1nc2c(ncn2[C@@H]2O[C@H](CO)[C@@H](F)[C@H]2OP(O)(=S)OC[C@H]2O[C@@H](n3nnc4c(N)ncnc43)C(F)(F)[C@@H]2O)c(=O)[nH]1. The van der Waals surface area contributed by atoms with Crippen LogP contribution in [0.4, 0.5) is 24.9 Å². The van der Waals surface area contributed by atoms with Gasteiger partial charge >= 0.3 is 12.6 Å². The van der Waals surface area contributed by atoms with Gasteiger partial charge in [0.2, 0.25) is 12.2 Å². The van der Waals surface area contributed by atoms with E-state index in [0.717, 1.165) is 17.2 Å². The van der Waals surface area contributed by atoms with Crippen molar-refractivity contribution >= 4 is 52.6 Å². The predicted molar refractivity (Wildman–Crippen MR) is 138 cm³/mol. The average Bonchev–Trinajstić information content (AvgIpc) is 3.68. The second kappa shape index (κ2) is 10.6. The van der Waals surface area contributed by atoms with E-state index in [4.69, 9.17) is 41.8 Å². The number of aromatic amines is 1. The zero-order valence-electron chi connectivity index (χ0n) is 21.2. The van der Waals surface area contributed by atoms with Crippen molar-refractivity contribution in [3.05, 3.63) is 23.0 Å². The van der Waals surface area contributed by atoms with Crippen molar-refractivity contribution in [3.8, 4) is 0 Å². The second-order valence-electron chi connectivity index (χ2n) is 9.41. The molecule has 0 amide bonds.